The summed E-state index contributed by atoms with van der Waals surface area (Å²) in [6, 6.07) is 10.1. The van der Waals surface area contributed by atoms with Gasteiger partial charge in [0.2, 0.25) is 0 Å². The molecule has 1 aromatic heterocycles. The molecule has 2 rings (SSSR count). The van der Waals surface area contributed by atoms with Gasteiger partial charge in [-0.15, -0.1) is 0 Å². The molecule has 5 heteroatoms. The summed E-state index contributed by atoms with van der Waals surface area (Å²) in [4.78, 5) is 11.2. The third kappa shape index (κ3) is 3.72. The smallest absolute Gasteiger partial charge is 0.314 e. The maximum atomic E-state index is 11.2. The fraction of sp³-hybridized carbons (Fsp3) is 0.357. The standard InChI is InChI=1S/C14H19N3O2/c18-11-8-16-14(19)15-7-3-9-17-10-6-12-4-1-2-5-13(12)17/h1-2,4-6,10,18H,3,7-9,11H2,(H2,15,16,19). The minimum Gasteiger partial charge on any atom is -0.395 e. The molecule has 0 fully saturated rings. The Morgan fingerprint density at radius 2 is 1.95 bits per heavy atom. The molecule has 0 saturated carbocycles. The van der Waals surface area contributed by atoms with Gasteiger partial charge in [-0.1, -0.05) is 18.2 Å². The largest absolute Gasteiger partial charge is 0.395 e. The van der Waals surface area contributed by atoms with Crippen LogP contribution in [-0.2, 0) is 6.54 Å². The molecule has 1 aromatic carbocycles. The molecule has 5 nitrogen and oxygen atoms in total. The van der Waals surface area contributed by atoms with E-state index in [1.54, 1.807) is 0 Å². The van der Waals surface area contributed by atoms with Crippen LogP contribution >= 0.6 is 0 Å². The van der Waals surface area contributed by atoms with E-state index in [4.69, 9.17) is 5.11 Å². The quantitative estimate of drug-likeness (QED) is 0.687. The van der Waals surface area contributed by atoms with Gasteiger partial charge in [0.1, 0.15) is 0 Å². The lowest BCUT2D eigenvalue weighted by molar-refractivity contribution is 0.234. The lowest BCUT2D eigenvalue weighted by Gasteiger charge is -2.08. The minimum atomic E-state index is -0.230. The van der Waals surface area contributed by atoms with E-state index >= 15 is 0 Å². The van der Waals surface area contributed by atoms with Crippen molar-refractivity contribution in [2.24, 2.45) is 0 Å². The van der Waals surface area contributed by atoms with Crippen molar-refractivity contribution in [2.45, 2.75) is 13.0 Å². The molecule has 0 saturated heterocycles. The number of urea groups is 1. The van der Waals surface area contributed by atoms with E-state index in [0.29, 0.717) is 6.54 Å². The monoisotopic (exact) mass is 261 g/mol. The van der Waals surface area contributed by atoms with Crippen LogP contribution in [-0.4, -0.2) is 35.4 Å². The van der Waals surface area contributed by atoms with Crippen LogP contribution in [0.3, 0.4) is 0 Å². The number of para-hydroxylation sites is 1. The number of nitrogens with one attached hydrogen (secondary N) is 2. The molecule has 19 heavy (non-hydrogen) atoms. The zero-order valence-corrected chi connectivity index (χ0v) is 10.8. The maximum Gasteiger partial charge on any atom is 0.314 e. The third-order valence-electron chi connectivity index (χ3n) is 2.94. The molecule has 2 amide bonds. The van der Waals surface area contributed by atoms with Gasteiger partial charge in [-0.3, -0.25) is 0 Å². The Balaban J connectivity index is 1.75. The first kappa shape index (κ1) is 13.4. The number of aliphatic hydroxyl groups is 1. The van der Waals surface area contributed by atoms with Crippen molar-refractivity contribution >= 4 is 16.9 Å². The number of amides is 2. The van der Waals surface area contributed by atoms with Crippen LogP contribution in [0.1, 0.15) is 6.42 Å². The fourth-order valence-corrected chi connectivity index (χ4v) is 2.02. The first-order chi connectivity index (χ1) is 9.31. The van der Waals surface area contributed by atoms with Gasteiger partial charge in [0.25, 0.3) is 0 Å². The maximum absolute atomic E-state index is 11.2. The predicted octanol–water partition coefficient (Wildman–Crippen LogP) is 1.32. The zero-order chi connectivity index (χ0) is 13.5. The average molecular weight is 261 g/mol. The second kappa shape index (κ2) is 6.80. The normalized spacial score (nSPS) is 10.6. The van der Waals surface area contributed by atoms with Gasteiger partial charge < -0.3 is 20.3 Å². The number of benzene rings is 1. The van der Waals surface area contributed by atoms with E-state index in [9.17, 15) is 4.79 Å². The highest BCUT2D eigenvalue weighted by Crippen LogP contribution is 2.14. The number of carbonyl (C=O) groups is 1. The van der Waals surface area contributed by atoms with Crippen molar-refractivity contribution in [1.82, 2.24) is 15.2 Å². The molecule has 0 bridgehead atoms. The van der Waals surface area contributed by atoms with Gasteiger partial charge in [0, 0.05) is 31.3 Å². The fourth-order valence-electron chi connectivity index (χ4n) is 2.02. The topological polar surface area (TPSA) is 66.3 Å². The number of hydrogen-bond acceptors (Lipinski definition) is 2. The lowest BCUT2D eigenvalue weighted by atomic mass is 10.2. The van der Waals surface area contributed by atoms with E-state index < -0.39 is 0 Å². The van der Waals surface area contributed by atoms with Crippen molar-refractivity contribution < 1.29 is 9.90 Å². The Morgan fingerprint density at radius 1 is 1.16 bits per heavy atom. The number of fused-ring (bicyclic) bond motifs is 1. The van der Waals surface area contributed by atoms with Gasteiger partial charge in [-0.05, 0) is 23.9 Å². The van der Waals surface area contributed by atoms with Crippen LogP contribution in [0.5, 0.6) is 0 Å². The van der Waals surface area contributed by atoms with Crippen molar-refractivity contribution in [3.05, 3.63) is 36.5 Å². The third-order valence-corrected chi connectivity index (χ3v) is 2.94. The Hall–Kier alpha value is -2.01. The lowest BCUT2D eigenvalue weighted by Crippen LogP contribution is -2.37. The summed E-state index contributed by atoms with van der Waals surface area (Å²) in [6.07, 6.45) is 2.93. The molecular formula is C14H19N3O2. The summed E-state index contributed by atoms with van der Waals surface area (Å²) >= 11 is 0. The number of aliphatic hydroxyl groups excluding tert-OH is 1. The molecular weight excluding hydrogens is 242 g/mol. The van der Waals surface area contributed by atoms with Crippen LogP contribution < -0.4 is 10.6 Å². The molecule has 102 valence electrons. The molecule has 0 aliphatic rings. The van der Waals surface area contributed by atoms with E-state index in [1.165, 1.54) is 10.9 Å². The van der Waals surface area contributed by atoms with Crippen LogP contribution in [0.4, 0.5) is 4.79 Å². The summed E-state index contributed by atoms with van der Waals surface area (Å²) < 4.78 is 2.18. The van der Waals surface area contributed by atoms with E-state index in [2.05, 4.69) is 39.6 Å². The summed E-state index contributed by atoms with van der Waals surface area (Å²) in [6.45, 7) is 1.73. The molecule has 0 aliphatic carbocycles. The predicted molar refractivity (Wildman–Crippen MR) is 75.0 cm³/mol. The second-order valence-electron chi connectivity index (χ2n) is 4.33. The molecule has 0 spiro atoms. The second-order valence-corrected chi connectivity index (χ2v) is 4.33. The highest BCUT2D eigenvalue weighted by Gasteiger charge is 2.00. The van der Waals surface area contributed by atoms with Crippen LogP contribution in [0.15, 0.2) is 36.5 Å². The molecule has 2 aromatic rings. The van der Waals surface area contributed by atoms with Gasteiger partial charge in [-0.2, -0.15) is 0 Å². The number of hydrogen-bond donors (Lipinski definition) is 3. The molecule has 0 unspecified atom stereocenters. The van der Waals surface area contributed by atoms with Crippen molar-refractivity contribution in [1.29, 1.82) is 0 Å². The Labute approximate surface area is 112 Å². The van der Waals surface area contributed by atoms with Crippen LogP contribution in [0.25, 0.3) is 10.9 Å². The highest BCUT2D eigenvalue weighted by molar-refractivity contribution is 5.79. The Bertz CT molecular complexity index is 536. The highest BCUT2D eigenvalue weighted by atomic mass is 16.3. The van der Waals surface area contributed by atoms with Gasteiger partial charge in [0.05, 0.1) is 6.61 Å². The number of nitrogens with zero attached hydrogens (tertiary/aromatic N) is 1. The number of aromatic nitrogens is 1. The number of carbonyl (C=O) groups excluding carboxylic acids is 1. The number of rotatable bonds is 6. The summed E-state index contributed by atoms with van der Waals surface area (Å²) in [7, 11) is 0. The SMILES string of the molecule is O=C(NCCO)NCCCn1ccc2ccccc21. The van der Waals surface area contributed by atoms with Gasteiger partial charge >= 0.3 is 6.03 Å². The number of aryl methyl sites for hydroxylation is 1. The van der Waals surface area contributed by atoms with E-state index in [-0.39, 0.29) is 19.2 Å². The van der Waals surface area contributed by atoms with Crippen molar-refractivity contribution in [3.63, 3.8) is 0 Å². The molecule has 0 radical (unpaired) electrons. The first-order valence-corrected chi connectivity index (χ1v) is 6.47. The van der Waals surface area contributed by atoms with Crippen molar-refractivity contribution in [3.8, 4) is 0 Å². The van der Waals surface area contributed by atoms with Crippen molar-refractivity contribution in [2.75, 3.05) is 19.7 Å². The minimum absolute atomic E-state index is 0.0389. The van der Waals surface area contributed by atoms with E-state index in [1.807, 2.05) is 12.1 Å². The Kier molecular flexibility index (Phi) is 4.80. The molecule has 1 heterocycles. The average Bonchev–Trinajstić information content (AvgIpc) is 2.85. The summed E-state index contributed by atoms with van der Waals surface area (Å²) in [5.41, 5.74) is 1.22. The van der Waals surface area contributed by atoms with E-state index in [0.717, 1.165) is 13.0 Å². The molecule has 0 aliphatic heterocycles. The molecule has 3 N–H and O–H groups in total. The van der Waals surface area contributed by atoms with Crippen LogP contribution in [0.2, 0.25) is 0 Å². The zero-order valence-electron chi connectivity index (χ0n) is 10.8. The first-order valence-electron chi connectivity index (χ1n) is 6.47. The summed E-state index contributed by atoms with van der Waals surface area (Å²) in [5, 5.41) is 15.1. The van der Waals surface area contributed by atoms with Gasteiger partial charge in [0.15, 0.2) is 0 Å². The van der Waals surface area contributed by atoms with Crippen LogP contribution in [0, 0.1) is 0 Å². The summed E-state index contributed by atoms with van der Waals surface area (Å²) in [5.74, 6) is 0. The van der Waals surface area contributed by atoms with Gasteiger partial charge in [-0.25, -0.2) is 4.79 Å². The molecule has 0 atom stereocenters. The Morgan fingerprint density at radius 3 is 2.79 bits per heavy atom.